The van der Waals surface area contributed by atoms with Crippen LogP contribution in [0.1, 0.15) is 0 Å². The monoisotopic (exact) mass is 475 g/mol. The van der Waals surface area contributed by atoms with Crippen LogP contribution in [0.3, 0.4) is 0 Å². The van der Waals surface area contributed by atoms with Gasteiger partial charge in [0.2, 0.25) is 0 Å². The highest BCUT2D eigenvalue weighted by Crippen LogP contribution is 2.36. The summed E-state index contributed by atoms with van der Waals surface area (Å²) in [6.07, 6.45) is 0. The third-order valence-corrected chi connectivity index (χ3v) is 7.12. The van der Waals surface area contributed by atoms with Crippen LogP contribution in [-0.2, 0) is 0 Å². The molecule has 7 aromatic rings. The molecular formula is C34H25N3. The molecule has 0 aliphatic carbocycles. The highest BCUT2D eigenvalue weighted by molar-refractivity contribution is 6.12. The number of anilines is 3. The average Bonchev–Trinajstić information content (AvgIpc) is 3.29. The van der Waals surface area contributed by atoms with E-state index in [-0.39, 0.29) is 0 Å². The van der Waals surface area contributed by atoms with Crippen LogP contribution in [0.4, 0.5) is 17.1 Å². The fraction of sp³-hybridized carbons (Fsp3) is 0. The maximum atomic E-state index is 6.46. The van der Waals surface area contributed by atoms with Crippen molar-refractivity contribution in [2.24, 2.45) is 0 Å². The first-order valence-corrected chi connectivity index (χ1v) is 12.5. The van der Waals surface area contributed by atoms with E-state index in [4.69, 9.17) is 5.73 Å². The maximum absolute atomic E-state index is 6.46. The lowest BCUT2D eigenvalue weighted by Crippen LogP contribution is -1.98. The van der Waals surface area contributed by atoms with E-state index < -0.39 is 0 Å². The van der Waals surface area contributed by atoms with Gasteiger partial charge in [-0.05, 0) is 64.9 Å². The number of nitrogens with one attached hydrogen (secondary N) is 1. The first-order valence-electron chi connectivity index (χ1n) is 12.5. The quantitative estimate of drug-likeness (QED) is 0.250. The predicted octanol–water partition coefficient (Wildman–Crippen LogP) is 8.93. The Bertz CT molecular complexity index is 1910. The lowest BCUT2D eigenvalue weighted by Gasteiger charge is -2.14. The van der Waals surface area contributed by atoms with Crippen molar-refractivity contribution in [2.75, 3.05) is 11.1 Å². The number of aromatic nitrogens is 1. The number of nitrogens with two attached hydrogens (primary N) is 1. The number of hydrogen-bond acceptors (Lipinski definition) is 2. The Hall–Kier alpha value is -5.02. The standard InChI is InChI=1S/C34H25N3/c35-31-13-7-12-30-29-11-4-6-15-33(29)37(34(30)31)27-20-18-26(19-21-27)36-32-14-5-3-10-28(32)25-17-16-23-8-1-2-9-24(23)22-25/h1-22,36H,35H2. The molecule has 0 atom stereocenters. The summed E-state index contributed by atoms with van der Waals surface area (Å²) in [5, 5.41) is 8.51. The highest BCUT2D eigenvalue weighted by atomic mass is 15.0. The summed E-state index contributed by atoms with van der Waals surface area (Å²) in [6, 6.07) is 46.7. The molecule has 3 heteroatoms. The molecule has 0 aliphatic heterocycles. The van der Waals surface area contributed by atoms with Crippen LogP contribution in [-0.4, -0.2) is 4.57 Å². The summed E-state index contributed by atoms with van der Waals surface area (Å²) in [5.74, 6) is 0. The first kappa shape index (κ1) is 21.3. The Kier molecular flexibility index (Phi) is 4.93. The number of nitrogen functional groups attached to an aromatic ring is 1. The molecule has 0 saturated carbocycles. The Labute approximate surface area is 215 Å². The molecule has 1 heterocycles. The smallest absolute Gasteiger partial charge is 0.0771 e. The van der Waals surface area contributed by atoms with E-state index in [1.54, 1.807) is 0 Å². The van der Waals surface area contributed by atoms with E-state index in [1.165, 1.54) is 32.7 Å². The molecule has 0 radical (unpaired) electrons. The number of para-hydroxylation sites is 3. The molecule has 0 fully saturated rings. The number of rotatable bonds is 4. The van der Waals surface area contributed by atoms with Crippen LogP contribution in [0.5, 0.6) is 0 Å². The molecule has 0 saturated heterocycles. The van der Waals surface area contributed by atoms with Crippen molar-refractivity contribution in [2.45, 2.75) is 0 Å². The van der Waals surface area contributed by atoms with Gasteiger partial charge < -0.3 is 15.6 Å². The zero-order chi connectivity index (χ0) is 24.8. The van der Waals surface area contributed by atoms with Crippen LogP contribution in [0.2, 0.25) is 0 Å². The summed E-state index contributed by atoms with van der Waals surface area (Å²) in [4.78, 5) is 0. The van der Waals surface area contributed by atoms with Crippen molar-refractivity contribution in [1.29, 1.82) is 0 Å². The topological polar surface area (TPSA) is 43.0 Å². The molecule has 3 nitrogen and oxygen atoms in total. The summed E-state index contributed by atoms with van der Waals surface area (Å²) < 4.78 is 2.26. The predicted molar refractivity (Wildman–Crippen MR) is 158 cm³/mol. The molecule has 0 aliphatic rings. The van der Waals surface area contributed by atoms with Crippen molar-refractivity contribution in [3.8, 4) is 16.8 Å². The summed E-state index contributed by atoms with van der Waals surface area (Å²) in [6.45, 7) is 0. The van der Waals surface area contributed by atoms with Gasteiger partial charge in [-0.15, -0.1) is 0 Å². The van der Waals surface area contributed by atoms with Gasteiger partial charge in [0, 0.05) is 33.4 Å². The Morgan fingerprint density at radius 1 is 0.568 bits per heavy atom. The van der Waals surface area contributed by atoms with Crippen LogP contribution < -0.4 is 11.1 Å². The van der Waals surface area contributed by atoms with Gasteiger partial charge in [-0.1, -0.05) is 84.9 Å². The second-order valence-corrected chi connectivity index (χ2v) is 9.38. The molecule has 1 aromatic heterocycles. The van der Waals surface area contributed by atoms with Crippen LogP contribution in [0.15, 0.2) is 133 Å². The van der Waals surface area contributed by atoms with Gasteiger partial charge in [0.15, 0.2) is 0 Å². The van der Waals surface area contributed by atoms with Crippen molar-refractivity contribution in [3.63, 3.8) is 0 Å². The normalized spacial score (nSPS) is 11.4. The highest BCUT2D eigenvalue weighted by Gasteiger charge is 2.14. The minimum Gasteiger partial charge on any atom is -0.397 e. The van der Waals surface area contributed by atoms with Gasteiger partial charge in [0.1, 0.15) is 0 Å². The third kappa shape index (κ3) is 3.60. The lowest BCUT2D eigenvalue weighted by atomic mass is 10.00. The Morgan fingerprint density at radius 2 is 1.30 bits per heavy atom. The van der Waals surface area contributed by atoms with E-state index in [2.05, 4.69) is 131 Å². The molecule has 176 valence electrons. The summed E-state index contributed by atoms with van der Waals surface area (Å²) >= 11 is 0. The maximum Gasteiger partial charge on any atom is 0.0771 e. The molecule has 0 amide bonds. The molecule has 6 aromatic carbocycles. The SMILES string of the molecule is Nc1cccc2c3ccccc3n(-c3ccc(Nc4ccccc4-c4ccc5ccccc5c4)cc3)c12. The van der Waals surface area contributed by atoms with Crippen LogP contribution >= 0.6 is 0 Å². The average molecular weight is 476 g/mol. The fourth-order valence-corrected chi connectivity index (χ4v) is 5.36. The van der Waals surface area contributed by atoms with Gasteiger partial charge >= 0.3 is 0 Å². The van der Waals surface area contributed by atoms with Crippen molar-refractivity contribution < 1.29 is 0 Å². The summed E-state index contributed by atoms with van der Waals surface area (Å²) in [7, 11) is 0. The van der Waals surface area contributed by atoms with Gasteiger partial charge in [0.25, 0.3) is 0 Å². The van der Waals surface area contributed by atoms with Crippen molar-refractivity contribution in [3.05, 3.63) is 133 Å². The Balaban J connectivity index is 1.27. The van der Waals surface area contributed by atoms with Crippen LogP contribution in [0.25, 0.3) is 49.4 Å². The fourth-order valence-electron chi connectivity index (χ4n) is 5.36. The van der Waals surface area contributed by atoms with Gasteiger partial charge in [-0.25, -0.2) is 0 Å². The van der Waals surface area contributed by atoms with Gasteiger partial charge in [0.05, 0.1) is 16.7 Å². The molecular weight excluding hydrogens is 450 g/mol. The molecule has 0 bridgehead atoms. The minimum absolute atomic E-state index is 0.778. The number of hydrogen-bond donors (Lipinski definition) is 2. The zero-order valence-electron chi connectivity index (χ0n) is 20.2. The number of fused-ring (bicyclic) bond motifs is 4. The summed E-state index contributed by atoms with van der Waals surface area (Å²) in [5.41, 5.74) is 15.0. The Morgan fingerprint density at radius 3 is 2.19 bits per heavy atom. The molecule has 0 unspecified atom stereocenters. The van der Waals surface area contributed by atoms with E-state index in [0.717, 1.165) is 33.8 Å². The van der Waals surface area contributed by atoms with Crippen molar-refractivity contribution >= 4 is 49.6 Å². The van der Waals surface area contributed by atoms with E-state index in [1.807, 2.05) is 12.1 Å². The van der Waals surface area contributed by atoms with E-state index in [0.29, 0.717) is 0 Å². The largest absolute Gasteiger partial charge is 0.397 e. The van der Waals surface area contributed by atoms with E-state index in [9.17, 15) is 0 Å². The van der Waals surface area contributed by atoms with Crippen LogP contribution in [0, 0.1) is 0 Å². The number of nitrogens with zero attached hydrogens (tertiary/aromatic N) is 1. The number of benzene rings is 6. The van der Waals surface area contributed by atoms with Gasteiger partial charge in [-0.2, -0.15) is 0 Å². The zero-order valence-corrected chi connectivity index (χ0v) is 20.2. The first-order chi connectivity index (χ1) is 18.3. The molecule has 0 spiro atoms. The third-order valence-electron chi connectivity index (χ3n) is 7.12. The van der Waals surface area contributed by atoms with E-state index >= 15 is 0 Å². The van der Waals surface area contributed by atoms with Crippen molar-refractivity contribution in [1.82, 2.24) is 4.57 Å². The minimum atomic E-state index is 0.778. The van der Waals surface area contributed by atoms with Gasteiger partial charge in [-0.3, -0.25) is 0 Å². The second-order valence-electron chi connectivity index (χ2n) is 9.38. The lowest BCUT2D eigenvalue weighted by molar-refractivity contribution is 1.18. The molecule has 3 N–H and O–H groups in total. The molecule has 37 heavy (non-hydrogen) atoms. The second kappa shape index (κ2) is 8.58. The molecule has 7 rings (SSSR count).